The van der Waals surface area contributed by atoms with Gasteiger partial charge in [-0.1, -0.05) is 48.6 Å². The van der Waals surface area contributed by atoms with Crippen molar-refractivity contribution >= 4 is 0 Å². The molecule has 2 aromatic rings. The van der Waals surface area contributed by atoms with E-state index in [1.165, 1.54) is 11.1 Å². The second-order valence-electron chi connectivity index (χ2n) is 6.31. The van der Waals surface area contributed by atoms with E-state index < -0.39 is 0 Å². The molecule has 0 aliphatic heterocycles. The standard InChI is InChI=1S/C24H30O2/c1-3-13-21-15-7-9-17-23(21)25-19-11-5-6-12-20-26-24-18-10-8-16-22(24)14-4-2/h3-4,7-10,15-18H,1-2,5-6,11-14,19-20H2. The van der Waals surface area contributed by atoms with Gasteiger partial charge in [-0.05, 0) is 61.8 Å². The lowest BCUT2D eigenvalue weighted by Crippen LogP contribution is -2.02. The molecule has 2 aromatic carbocycles. The maximum atomic E-state index is 5.92. The second-order valence-corrected chi connectivity index (χ2v) is 6.31. The van der Waals surface area contributed by atoms with Gasteiger partial charge in [0.25, 0.3) is 0 Å². The van der Waals surface area contributed by atoms with E-state index in [2.05, 4.69) is 25.3 Å². The minimum absolute atomic E-state index is 0.761. The number of allylic oxidation sites excluding steroid dienone is 2. The fourth-order valence-corrected chi connectivity index (χ4v) is 2.86. The molecule has 0 radical (unpaired) electrons. The molecule has 0 amide bonds. The normalized spacial score (nSPS) is 10.3. The first-order valence-electron chi connectivity index (χ1n) is 9.48. The zero-order valence-corrected chi connectivity index (χ0v) is 15.7. The number of benzene rings is 2. The van der Waals surface area contributed by atoms with Crippen molar-refractivity contribution in [2.45, 2.75) is 38.5 Å². The van der Waals surface area contributed by atoms with E-state index in [1.807, 2.05) is 48.6 Å². The topological polar surface area (TPSA) is 18.5 Å². The minimum Gasteiger partial charge on any atom is -0.493 e. The van der Waals surface area contributed by atoms with Crippen molar-refractivity contribution in [3.63, 3.8) is 0 Å². The van der Waals surface area contributed by atoms with Crippen LogP contribution >= 0.6 is 0 Å². The first-order valence-corrected chi connectivity index (χ1v) is 9.48. The highest BCUT2D eigenvalue weighted by Crippen LogP contribution is 2.20. The third kappa shape index (κ3) is 6.79. The van der Waals surface area contributed by atoms with Crippen molar-refractivity contribution < 1.29 is 9.47 Å². The second kappa shape index (κ2) is 12.0. The van der Waals surface area contributed by atoms with E-state index in [1.54, 1.807) is 0 Å². The molecule has 0 N–H and O–H groups in total. The summed E-state index contributed by atoms with van der Waals surface area (Å²) in [7, 11) is 0. The number of ether oxygens (including phenoxy) is 2. The van der Waals surface area contributed by atoms with E-state index >= 15 is 0 Å². The summed E-state index contributed by atoms with van der Waals surface area (Å²) in [5, 5.41) is 0. The van der Waals surface area contributed by atoms with Crippen LogP contribution in [-0.2, 0) is 12.8 Å². The van der Waals surface area contributed by atoms with E-state index in [9.17, 15) is 0 Å². The SMILES string of the molecule is C=CCc1ccccc1OCCCCCCOc1ccccc1CC=C. The first kappa shape index (κ1) is 19.8. The van der Waals surface area contributed by atoms with E-state index in [-0.39, 0.29) is 0 Å². The van der Waals surface area contributed by atoms with Crippen LogP contribution < -0.4 is 9.47 Å². The molecular formula is C24H30O2. The molecule has 0 aromatic heterocycles. The summed E-state index contributed by atoms with van der Waals surface area (Å²) in [5.74, 6) is 1.96. The fraction of sp³-hybridized carbons (Fsp3) is 0.333. The van der Waals surface area contributed by atoms with E-state index in [0.29, 0.717) is 0 Å². The van der Waals surface area contributed by atoms with Gasteiger partial charge in [0, 0.05) is 0 Å². The molecule has 0 bridgehead atoms. The Labute approximate surface area is 158 Å². The largest absolute Gasteiger partial charge is 0.493 e. The zero-order chi connectivity index (χ0) is 18.5. The van der Waals surface area contributed by atoms with Crippen LogP contribution in [0.4, 0.5) is 0 Å². The lowest BCUT2D eigenvalue weighted by molar-refractivity contribution is 0.285. The molecule has 0 heterocycles. The molecule has 0 fully saturated rings. The van der Waals surface area contributed by atoms with Gasteiger partial charge in [0.2, 0.25) is 0 Å². The highest BCUT2D eigenvalue weighted by atomic mass is 16.5. The summed E-state index contributed by atoms with van der Waals surface area (Å²) in [6, 6.07) is 16.4. The van der Waals surface area contributed by atoms with Crippen LogP contribution in [0.5, 0.6) is 11.5 Å². The lowest BCUT2D eigenvalue weighted by Gasteiger charge is -2.11. The molecule has 2 nitrogen and oxygen atoms in total. The summed E-state index contributed by atoms with van der Waals surface area (Å²) in [6.45, 7) is 9.12. The van der Waals surface area contributed by atoms with Gasteiger partial charge in [-0.3, -0.25) is 0 Å². The Hall–Kier alpha value is -2.48. The van der Waals surface area contributed by atoms with Crippen LogP contribution in [0.25, 0.3) is 0 Å². The van der Waals surface area contributed by atoms with Crippen molar-refractivity contribution in [3.8, 4) is 11.5 Å². The van der Waals surface area contributed by atoms with Gasteiger partial charge < -0.3 is 9.47 Å². The maximum absolute atomic E-state index is 5.92. The Kier molecular flexibility index (Phi) is 9.13. The molecular weight excluding hydrogens is 320 g/mol. The molecule has 0 aliphatic carbocycles. The number of hydrogen-bond acceptors (Lipinski definition) is 2. The summed E-state index contributed by atoms with van der Waals surface area (Å²) in [6.07, 6.45) is 9.96. The first-order chi connectivity index (χ1) is 12.8. The molecule has 26 heavy (non-hydrogen) atoms. The van der Waals surface area contributed by atoms with Crippen molar-refractivity contribution in [2.24, 2.45) is 0 Å². The molecule has 0 spiro atoms. The predicted molar refractivity (Wildman–Crippen MR) is 110 cm³/mol. The van der Waals surface area contributed by atoms with Crippen LogP contribution in [0.15, 0.2) is 73.8 Å². The molecule has 2 rings (SSSR count). The van der Waals surface area contributed by atoms with Crippen LogP contribution in [-0.4, -0.2) is 13.2 Å². The Balaban J connectivity index is 1.59. The highest BCUT2D eigenvalue weighted by Gasteiger charge is 2.02. The van der Waals surface area contributed by atoms with Crippen LogP contribution in [0.3, 0.4) is 0 Å². The molecule has 0 atom stereocenters. The van der Waals surface area contributed by atoms with Crippen molar-refractivity contribution in [1.82, 2.24) is 0 Å². The zero-order valence-electron chi connectivity index (χ0n) is 15.7. The van der Waals surface area contributed by atoms with Crippen LogP contribution in [0, 0.1) is 0 Å². The van der Waals surface area contributed by atoms with Crippen molar-refractivity contribution in [1.29, 1.82) is 0 Å². The predicted octanol–water partition coefficient (Wildman–Crippen LogP) is 6.16. The summed E-state index contributed by atoms with van der Waals surface area (Å²) >= 11 is 0. The Morgan fingerprint density at radius 2 is 1.04 bits per heavy atom. The molecule has 0 aliphatic rings. The average Bonchev–Trinajstić information content (AvgIpc) is 2.67. The van der Waals surface area contributed by atoms with E-state index in [4.69, 9.17) is 9.47 Å². The van der Waals surface area contributed by atoms with E-state index in [0.717, 1.165) is 63.2 Å². The van der Waals surface area contributed by atoms with Gasteiger partial charge in [0.05, 0.1) is 13.2 Å². The number of para-hydroxylation sites is 2. The summed E-state index contributed by atoms with van der Waals surface area (Å²) < 4.78 is 11.8. The fourth-order valence-electron chi connectivity index (χ4n) is 2.86. The number of hydrogen-bond donors (Lipinski definition) is 0. The summed E-state index contributed by atoms with van der Waals surface area (Å²) in [5.41, 5.74) is 2.41. The number of unbranched alkanes of at least 4 members (excludes halogenated alkanes) is 3. The van der Waals surface area contributed by atoms with Crippen LogP contribution in [0.2, 0.25) is 0 Å². The minimum atomic E-state index is 0.761. The molecule has 0 saturated heterocycles. The maximum Gasteiger partial charge on any atom is 0.122 e. The Bertz CT molecular complexity index is 616. The number of rotatable bonds is 13. The van der Waals surface area contributed by atoms with Crippen LogP contribution in [0.1, 0.15) is 36.8 Å². The van der Waals surface area contributed by atoms with Gasteiger partial charge in [0.15, 0.2) is 0 Å². The van der Waals surface area contributed by atoms with Crippen molar-refractivity contribution in [2.75, 3.05) is 13.2 Å². The molecule has 2 heteroatoms. The molecule has 0 unspecified atom stereocenters. The quantitative estimate of drug-likeness (QED) is 0.318. The molecule has 0 saturated carbocycles. The van der Waals surface area contributed by atoms with Gasteiger partial charge >= 0.3 is 0 Å². The van der Waals surface area contributed by atoms with Gasteiger partial charge in [0.1, 0.15) is 11.5 Å². The Morgan fingerprint density at radius 1 is 0.615 bits per heavy atom. The highest BCUT2D eigenvalue weighted by molar-refractivity contribution is 5.35. The smallest absolute Gasteiger partial charge is 0.122 e. The summed E-state index contributed by atoms with van der Waals surface area (Å²) in [4.78, 5) is 0. The monoisotopic (exact) mass is 350 g/mol. The Morgan fingerprint density at radius 3 is 1.46 bits per heavy atom. The van der Waals surface area contributed by atoms with Gasteiger partial charge in [-0.15, -0.1) is 13.2 Å². The van der Waals surface area contributed by atoms with Crippen molar-refractivity contribution in [3.05, 3.63) is 85.0 Å². The third-order valence-corrected chi connectivity index (χ3v) is 4.23. The average molecular weight is 351 g/mol. The van der Waals surface area contributed by atoms with Gasteiger partial charge in [-0.2, -0.15) is 0 Å². The molecule has 138 valence electrons. The lowest BCUT2D eigenvalue weighted by atomic mass is 10.1. The van der Waals surface area contributed by atoms with Gasteiger partial charge in [-0.25, -0.2) is 0 Å². The third-order valence-electron chi connectivity index (χ3n) is 4.23.